The Morgan fingerprint density at radius 1 is 1.12 bits per heavy atom. The summed E-state index contributed by atoms with van der Waals surface area (Å²) in [5.41, 5.74) is 3.71. The molecule has 0 spiro atoms. The van der Waals surface area contributed by atoms with Gasteiger partial charge >= 0.3 is 12.2 Å². The zero-order chi connectivity index (χ0) is 28.9. The highest BCUT2D eigenvalue weighted by Crippen LogP contribution is 2.43. The topological polar surface area (TPSA) is 112 Å². The maximum absolute atomic E-state index is 13.3. The average Bonchev–Trinajstić information content (AvgIpc) is 3.79. The van der Waals surface area contributed by atoms with Crippen molar-refractivity contribution in [1.82, 2.24) is 15.2 Å². The standard InChI is InChI=1S/C30H34N2O3.C2H5NO2/c1-21(22-9-11-23(12-10-22)25-15-17-31-27(19-25)24-13-14-24)32-18-16-30(35-28(32)33,20-29(2,3)34)26-7-5-4-6-8-26;1-3-2(4)5/h4-12,15,17,19,21,24,34H,13-14,16,18,20H2,1-3H3;3H,1H3,(H,4,5)/t21-,30-;/m0./s1. The van der Waals surface area contributed by atoms with Crippen molar-refractivity contribution in [3.05, 3.63) is 89.7 Å². The number of nitrogens with one attached hydrogen (secondary N) is 1. The van der Waals surface area contributed by atoms with E-state index in [-0.39, 0.29) is 12.1 Å². The molecule has 0 radical (unpaired) electrons. The zero-order valence-electron chi connectivity index (χ0n) is 23.6. The molecule has 1 saturated heterocycles. The third-order valence-corrected chi connectivity index (χ3v) is 7.48. The third-order valence-electron chi connectivity index (χ3n) is 7.48. The minimum Gasteiger partial charge on any atom is -0.465 e. The summed E-state index contributed by atoms with van der Waals surface area (Å²) in [6.07, 6.45) is 4.00. The number of benzene rings is 2. The number of cyclic esters (lactones) is 1. The van der Waals surface area contributed by atoms with Crippen LogP contribution in [-0.2, 0) is 10.3 Å². The van der Waals surface area contributed by atoms with Crippen molar-refractivity contribution in [3.8, 4) is 11.1 Å². The van der Waals surface area contributed by atoms with Crippen molar-refractivity contribution in [2.45, 2.75) is 69.6 Å². The number of nitrogens with zero attached hydrogens (tertiary/aromatic N) is 2. The molecule has 2 fully saturated rings. The third kappa shape index (κ3) is 7.18. The number of aliphatic hydroxyl groups is 1. The van der Waals surface area contributed by atoms with Gasteiger partial charge in [-0.15, -0.1) is 0 Å². The summed E-state index contributed by atoms with van der Waals surface area (Å²) in [5.74, 6) is 0.624. The fourth-order valence-corrected chi connectivity index (χ4v) is 5.26. The van der Waals surface area contributed by atoms with Crippen LogP contribution in [0.2, 0.25) is 0 Å². The maximum atomic E-state index is 13.3. The van der Waals surface area contributed by atoms with E-state index in [1.165, 1.54) is 31.1 Å². The molecule has 0 bridgehead atoms. The van der Waals surface area contributed by atoms with E-state index in [4.69, 9.17) is 9.84 Å². The average molecular weight is 546 g/mol. The van der Waals surface area contributed by atoms with Gasteiger partial charge in [-0.25, -0.2) is 9.59 Å². The van der Waals surface area contributed by atoms with Crippen LogP contribution >= 0.6 is 0 Å². The lowest BCUT2D eigenvalue weighted by Crippen LogP contribution is -2.51. The summed E-state index contributed by atoms with van der Waals surface area (Å²) in [6.45, 7) is 6.12. The molecule has 2 aliphatic rings. The van der Waals surface area contributed by atoms with Crippen LogP contribution in [0.4, 0.5) is 9.59 Å². The van der Waals surface area contributed by atoms with Crippen LogP contribution in [0.3, 0.4) is 0 Å². The minimum atomic E-state index is -0.995. The summed E-state index contributed by atoms with van der Waals surface area (Å²) in [5, 5.41) is 20.2. The molecular formula is C32H39N3O5. The predicted octanol–water partition coefficient (Wildman–Crippen LogP) is 6.47. The molecule has 40 heavy (non-hydrogen) atoms. The van der Waals surface area contributed by atoms with E-state index in [2.05, 4.69) is 41.4 Å². The van der Waals surface area contributed by atoms with Gasteiger partial charge in [-0.05, 0) is 68.0 Å². The van der Waals surface area contributed by atoms with Crippen molar-refractivity contribution in [2.24, 2.45) is 0 Å². The normalized spacial score (nSPS) is 19.6. The van der Waals surface area contributed by atoms with E-state index in [0.717, 1.165) is 16.7 Å². The summed E-state index contributed by atoms with van der Waals surface area (Å²) in [7, 11) is 1.35. The molecule has 2 atom stereocenters. The Kier molecular flexibility index (Phi) is 8.79. The van der Waals surface area contributed by atoms with Gasteiger partial charge in [-0.3, -0.25) is 4.98 Å². The zero-order valence-corrected chi connectivity index (χ0v) is 23.6. The molecule has 212 valence electrons. The largest absolute Gasteiger partial charge is 0.465 e. The Morgan fingerprint density at radius 2 is 1.77 bits per heavy atom. The lowest BCUT2D eigenvalue weighted by Gasteiger charge is -2.45. The van der Waals surface area contributed by atoms with Gasteiger partial charge in [-0.1, -0.05) is 54.6 Å². The van der Waals surface area contributed by atoms with Gasteiger partial charge in [0.15, 0.2) is 0 Å². The Labute approximate surface area is 236 Å². The second-order valence-corrected chi connectivity index (χ2v) is 11.3. The molecule has 1 saturated carbocycles. The SMILES string of the molecule is CNC(=O)O.C[C@@H](c1ccc(-c2ccnc(C3CC3)c2)cc1)N1CC[C@](CC(C)(C)O)(c2ccccc2)OC1=O. The van der Waals surface area contributed by atoms with Crippen LogP contribution < -0.4 is 5.32 Å². The van der Waals surface area contributed by atoms with Crippen molar-refractivity contribution in [2.75, 3.05) is 13.6 Å². The molecule has 8 heteroatoms. The van der Waals surface area contributed by atoms with Crippen LogP contribution in [-0.4, -0.2) is 51.5 Å². The number of carboxylic acid groups (broad SMARTS) is 1. The van der Waals surface area contributed by atoms with Crippen molar-refractivity contribution < 1.29 is 24.5 Å². The summed E-state index contributed by atoms with van der Waals surface area (Å²) >= 11 is 0. The van der Waals surface area contributed by atoms with Gasteiger partial charge in [0.25, 0.3) is 0 Å². The van der Waals surface area contributed by atoms with Crippen LogP contribution in [0.15, 0.2) is 72.9 Å². The second kappa shape index (κ2) is 12.1. The van der Waals surface area contributed by atoms with E-state index in [1.54, 1.807) is 18.7 Å². The number of pyridine rings is 1. The lowest BCUT2D eigenvalue weighted by molar-refractivity contribution is -0.101. The van der Waals surface area contributed by atoms with E-state index in [1.807, 2.05) is 48.8 Å². The highest BCUT2D eigenvalue weighted by atomic mass is 16.6. The van der Waals surface area contributed by atoms with E-state index >= 15 is 0 Å². The van der Waals surface area contributed by atoms with Crippen molar-refractivity contribution in [1.29, 1.82) is 0 Å². The molecule has 2 heterocycles. The summed E-state index contributed by atoms with van der Waals surface area (Å²) in [4.78, 5) is 28.9. The number of carbonyl (C=O) groups excluding carboxylic acids is 1. The Bertz CT molecular complexity index is 1300. The number of aromatic nitrogens is 1. The molecule has 1 aliphatic carbocycles. The fraction of sp³-hybridized carbons (Fsp3) is 0.406. The number of amides is 2. The fourth-order valence-electron chi connectivity index (χ4n) is 5.26. The van der Waals surface area contributed by atoms with Gasteiger partial charge in [-0.2, -0.15) is 0 Å². The first-order valence-corrected chi connectivity index (χ1v) is 13.8. The van der Waals surface area contributed by atoms with Crippen LogP contribution in [0.5, 0.6) is 0 Å². The first kappa shape index (κ1) is 29.1. The van der Waals surface area contributed by atoms with Crippen LogP contribution in [0.25, 0.3) is 11.1 Å². The Balaban J connectivity index is 0.000000681. The quantitative estimate of drug-likeness (QED) is 0.314. The summed E-state index contributed by atoms with van der Waals surface area (Å²) < 4.78 is 6.15. The smallest absolute Gasteiger partial charge is 0.411 e. The van der Waals surface area contributed by atoms with Gasteiger partial charge in [0, 0.05) is 44.2 Å². The number of hydrogen-bond acceptors (Lipinski definition) is 5. The number of hydrogen-bond donors (Lipinski definition) is 3. The van der Waals surface area contributed by atoms with Crippen LogP contribution in [0.1, 0.15) is 75.2 Å². The van der Waals surface area contributed by atoms with E-state index in [9.17, 15) is 14.7 Å². The number of carbonyl (C=O) groups is 2. The molecule has 8 nitrogen and oxygen atoms in total. The monoisotopic (exact) mass is 545 g/mol. The van der Waals surface area contributed by atoms with Gasteiger partial charge < -0.3 is 25.2 Å². The second-order valence-electron chi connectivity index (χ2n) is 11.3. The highest BCUT2D eigenvalue weighted by molar-refractivity contribution is 5.70. The molecule has 2 amide bonds. The molecule has 0 unspecified atom stereocenters. The van der Waals surface area contributed by atoms with Gasteiger partial charge in [0.2, 0.25) is 0 Å². The van der Waals surface area contributed by atoms with Crippen molar-refractivity contribution in [3.63, 3.8) is 0 Å². The molecule has 3 aromatic rings. The molecule has 3 N–H and O–H groups in total. The van der Waals surface area contributed by atoms with E-state index in [0.29, 0.717) is 25.3 Å². The van der Waals surface area contributed by atoms with E-state index < -0.39 is 17.3 Å². The molecular weight excluding hydrogens is 506 g/mol. The first-order valence-electron chi connectivity index (χ1n) is 13.8. The first-order chi connectivity index (χ1) is 19.0. The number of rotatable bonds is 7. The lowest BCUT2D eigenvalue weighted by atomic mass is 9.80. The summed E-state index contributed by atoms with van der Waals surface area (Å²) in [6, 6.07) is 22.4. The Morgan fingerprint density at radius 3 is 2.33 bits per heavy atom. The van der Waals surface area contributed by atoms with Crippen molar-refractivity contribution >= 4 is 12.2 Å². The number of ether oxygens (including phenoxy) is 1. The predicted molar refractivity (Wildman–Crippen MR) is 154 cm³/mol. The highest BCUT2D eigenvalue weighted by Gasteiger charge is 2.46. The van der Waals surface area contributed by atoms with Gasteiger partial charge in [0.1, 0.15) is 5.60 Å². The maximum Gasteiger partial charge on any atom is 0.411 e. The molecule has 1 aliphatic heterocycles. The molecule has 5 rings (SSSR count). The Hall–Kier alpha value is -3.91. The minimum absolute atomic E-state index is 0.119. The molecule has 1 aromatic heterocycles. The molecule has 2 aromatic carbocycles. The van der Waals surface area contributed by atoms with Crippen LogP contribution in [0, 0.1) is 0 Å². The van der Waals surface area contributed by atoms with Gasteiger partial charge in [0.05, 0.1) is 11.6 Å².